The smallest absolute Gasteiger partial charge is 0.270 e. The first-order chi connectivity index (χ1) is 13.8. The van der Waals surface area contributed by atoms with Crippen LogP contribution in [0, 0.1) is 0 Å². The molecular weight excluding hydrogens is 348 g/mol. The van der Waals surface area contributed by atoms with E-state index in [2.05, 4.69) is 17.3 Å². The fourth-order valence-corrected chi connectivity index (χ4v) is 3.11. The van der Waals surface area contributed by atoms with Gasteiger partial charge >= 0.3 is 0 Å². The predicted molar refractivity (Wildman–Crippen MR) is 111 cm³/mol. The minimum atomic E-state index is -0.138. The lowest BCUT2D eigenvalue weighted by molar-refractivity contribution is 0.0945. The molecule has 28 heavy (non-hydrogen) atoms. The van der Waals surface area contributed by atoms with Gasteiger partial charge in [-0.3, -0.25) is 4.79 Å². The molecule has 0 aliphatic rings. The van der Waals surface area contributed by atoms with Crippen molar-refractivity contribution >= 4 is 11.6 Å². The number of rotatable bonds is 6. The summed E-state index contributed by atoms with van der Waals surface area (Å²) in [4.78, 5) is 17.6. The maximum atomic E-state index is 12.9. The van der Waals surface area contributed by atoms with Gasteiger partial charge in [0.05, 0.1) is 11.4 Å². The van der Waals surface area contributed by atoms with Gasteiger partial charge in [0.15, 0.2) is 5.65 Å². The summed E-state index contributed by atoms with van der Waals surface area (Å²) in [5.74, 6) is -0.138. The highest BCUT2D eigenvalue weighted by atomic mass is 16.1. The van der Waals surface area contributed by atoms with Gasteiger partial charge in [-0.15, -0.1) is 0 Å². The van der Waals surface area contributed by atoms with Crippen LogP contribution in [0.3, 0.4) is 0 Å². The van der Waals surface area contributed by atoms with Crippen molar-refractivity contribution in [3.8, 4) is 22.5 Å². The first-order valence-electron chi connectivity index (χ1n) is 9.56. The predicted octanol–water partition coefficient (Wildman–Crippen LogP) is 4.59. The van der Waals surface area contributed by atoms with Crippen LogP contribution in [-0.2, 0) is 0 Å². The minimum absolute atomic E-state index is 0.138. The molecule has 0 unspecified atom stereocenters. The van der Waals surface area contributed by atoms with Gasteiger partial charge in [-0.25, -0.2) is 9.50 Å². The molecule has 0 aliphatic heterocycles. The number of unbranched alkanes of at least 4 members (excludes halogenated alkanes) is 1. The third-order valence-electron chi connectivity index (χ3n) is 4.61. The first kappa shape index (κ1) is 17.9. The van der Waals surface area contributed by atoms with Gasteiger partial charge in [0.2, 0.25) is 0 Å². The molecule has 0 bridgehead atoms. The molecule has 1 amide bonds. The Hall–Kier alpha value is -3.47. The number of carbonyl (C=O) groups is 1. The van der Waals surface area contributed by atoms with Gasteiger partial charge in [-0.1, -0.05) is 74.0 Å². The fourth-order valence-electron chi connectivity index (χ4n) is 3.11. The average Bonchev–Trinajstić information content (AvgIpc) is 3.18. The van der Waals surface area contributed by atoms with Crippen molar-refractivity contribution in [3.63, 3.8) is 0 Å². The molecule has 0 atom stereocenters. The zero-order valence-corrected chi connectivity index (χ0v) is 15.8. The lowest BCUT2D eigenvalue weighted by Crippen LogP contribution is -2.27. The molecular formula is C23H22N4O. The molecule has 0 saturated carbocycles. The molecule has 0 spiro atoms. The first-order valence-corrected chi connectivity index (χ1v) is 9.56. The number of benzene rings is 2. The molecule has 4 aromatic rings. The van der Waals surface area contributed by atoms with Crippen LogP contribution in [-0.4, -0.2) is 27.0 Å². The van der Waals surface area contributed by atoms with E-state index in [9.17, 15) is 4.79 Å². The lowest BCUT2D eigenvalue weighted by Gasteiger charge is -2.09. The van der Waals surface area contributed by atoms with Gasteiger partial charge in [0.1, 0.15) is 5.69 Å². The summed E-state index contributed by atoms with van der Waals surface area (Å²) < 4.78 is 1.63. The Balaban J connectivity index is 1.83. The molecule has 1 N–H and O–H groups in total. The standard InChI is InChI=1S/C23H22N4O/c1-2-3-14-24-23(28)21-15-19(17-10-6-4-7-11-17)25-22-16-20(26-27(21)22)18-12-8-5-9-13-18/h4-13,15-16H,2-3,14H2,1H3,(H,24,28). The van der Waals surface area contributed by atoms with Crippen molar-refractivity contribution in [1.29, 1.82) is 0 Å². The van der Waals surface area contributed by atoms with Crippen LogP contribution in [0.2, 0.25) is 0 Å². The molecule has 2 aromatic heterocycles. The second kappa shape index (κ2) is 8.05. The van der Waals surface area contributed by atoms with Gasteiger partial charge in [0.25, 0.3) is 5.91 Å². The molecule has 0 radical (unpaired) electrons. The van der Waals surface area contributed by atoms with E-state index in [0.29, 0.717) is 17.9 Å². The highest BCUT2D eigenvalue weighted by Gasteiger charge is 2.16. The molecule has 0 saturated heterocycles. The molecule has 140 valence electrons. The number of hydrogen-bond donors (Lipinski definition) is 1. The number of amides is 1. The van der Waals surface area contributed by atoms with E-state index in [1.807, 2.05) is 72.8 Å². The fraction of sp³-hybridized carbons (Fsp3) is 0.174. The number of fused-ring (bicyclic) bond motifs is 1. The summed E-state index contributed by atoms with van der Waals surface area (Å²) in [6.07, 6.45) is 1.97. The largest absolute Gasteiger partial charge is 0.351 e. The van der Waals surface area contributed by atoms with Gasteiger partial charge in [-0.05, 0) is 12.5 Å². The summed E-state index contributed by atoms with van der Waals surface area (Å²) in [6.45, 7) is 2.75. The average molecular weight is 370 g/mol. The van der Waals surface area contributed by atoms with Crippen LogP contribution in [0.15, 0.2) is 72.8 Å². The van der Waals surface area contributed by atoms with Crippen molar-refractivity contribution in [2.75, 3.05) is 6.54 Å². The maximum Gasteiger partial charge on any atom is 0.270 e. The monoisotopic (exact) mass is 370 g/mol. The van der Waals surface area contributed by atoms with Gasteiger partial charge in [0, 0.05) is 23.7 Å². The number of carbonyl (C=O) groups excluding carboxylic acids is 1. The van der Waals surface area contributed by atoms with Crippen molar-refractivity contribution in [2.24, 2.45) is 0 Å². The lowest BCUT2D eigenvalue weighted by atomic mass is 10.1. The Morgan fingerprint density at radius 3 is 2.21 bits per heavy atom. The van der Waals surface area contributed by atoms with E-state index in [4.69, 9.17) is 4.98 Å². The van der Waals surface area contributed by atoms with Gasteiger partial charge < -0.3 is 5.32 Å². The SMILES string of the molecule is CCCCNC(=O)c1cc(-c2ccccc2)nc2cc(-c3ccccc3)nn12. The molecule has 5 nitrogen and oxygen atoms in total. The van der Waals surface area contributed by atoms with E-state index in [-0.39, 0.29) is 5.91 Å². The molecule has 2 aromatic carbocycles. The zero-order valence-electron chi connectivity index (χ0n) is 15.8. The van der Waals surface area contributed by atoms with E-state index >= 15 is 0 Å². The molecule has 2 heterocycles. The van der Waals surface area contributed by atoms with Crippen LogP contribution >= 0.6 is 0 Å². The third-order valence-corrected chi connectivity index (χ3v) is 4.61. The number of aromatic nitrogens is 3. The second-order valence-corrected chi connectivity index (χ2v) is 6.67. The Kier molecular flexibility index (Phi) is 5.15. The Bertz CT molecular complexity index is 1090. The van der Waals surface area contributed by atoms with Gasteiger partial charge in [-0.2, -0.15) is 5.10 Å². The summed E-state index contributed by atoms with van der Waals surface area (Å²) in [6, 6.07) is 23.5. The Labute approximate surface area is 164 Å². The highest BCUT2D eigenvalue weighted by molar-refractivity contribution is 5.94. The van der Waals surface area contributed by atoms with Crippen LogP contribution < -0.4 is 5.32 Å². The zero-order chi connectivity index (χ0) is 19.3. The van der Waals surface area contributed by atoms with Crippen LogP contribution in [0.1, 0.15) is 30.3 Å². The maximum absolute atomic E-state index is 12.9. The van der Waals surface area contributed by atoms with Crippen molar-refractivity contribution < 1.29 is 4.79 Å². The second-order valence-electron chi connectivity index (χ2n) is 6.67. The van der Waals surface area contributed by atoms with Crippen molar-refractivity contribution in [3.05, 3.63) is 78.5 Å². The minimum Gasteiger partial charge on any atom is -0.351 e. The van der Waals surface area contributed by atoms with E-state index in [0.717, 1.165) is 35.4 Å². The van der Waals surface area contributed by atoms with E-state index < -0.39 is 0 Å². The molecule has 0 aliphatic carbocycles. The van der Waals surface area contributed by atoms with Crippen molar-refractivity contribution in [2.45, 2.75) is 19.8 Å². The molecule has 5 heteroatoms. The third kappa shape index (κ3) is 3.64. The summed E-state index contributed by atoms with van der Waals surface area (Å²) in [5, 5.41) is 7.65. The van der Waals surface area contributed by atoms with Crippen LogP contribution in [0.4, 0.5) is 0 Å². The van der Waals surface area contributed by atoms with Crippen LogP contribution in [0.25, 0.3) is 28.2 Å². The van der Waals surface area contributed by atoms with E-state index in [1.54, 1.807) is 4.52 Å². The summed E-state index contributed by atoms with van der Waals surface area (Å²) in [5.41, 5.74) is 4.65. The topological polar surface area (TPSA) is 59.3 Å². The van der Waals surface area contributed by atoms with Crippen molar-refractivity contribution in [1.82, 2.24) is 19.9 Å². The summed E-state index contributed by atoms with van der Waals surface area (Å²) in [7, 11) is 0. The number of hydrogen-bond acceptors (Lipinski definition) is 3. The molecule has 4 rings (SSSR count). The number of nitrogens with one attached hydrogen (secondary N) is 1. The Morgan fingerprint density at radius 1 is 0.929 bits per heavy atom. The normalized spacial score (nSPS) is 10.9. The Morgan fingerprint density at radius 2 is 1.57 bits per heavy atom. The van der Waals surface area contributed by atoms with Crippen LogP contribution in [0.5, 0.6) is 0 Å². The summed E-state index contributed by atoms with van der Waals surface area (Å²) >= 11 is 0. The highest BCUT2D eigenvalue weighted by Crippen LogP contribution is 2.23. The quantitative estimate of drug-likeness (QED) is 0.505. The molecule has 0 fully saturated rings. The van der Waals surface area contributed by atoms with E-state index in [1.165, 1.54) is 0 Å². The number of nitrogens with zero attached hydrogens (tertiary/aromatic N) is 3.